The van der Waals surface area contributed by atoms with Crippen LogP contribution in [0, 0.1) is 12.8 Å². The highest BCUT2D eigenvalue weighted by Gasteiger charge is 2.20. The number of rotatable bonds is 5. The van der Waals surface area contributed by atoms with Crippen LogP contribution in [0.2, 0.25) is 0 Å². The zero-order chi connectivity index (χ0) is 12.1. The topological polar surface area (TPSA) is 41.1 Å². The molecular formula is C12H20N2OS. The quantitative estimate of drug-likeness (QED) is 0.825. The smallest absolute Gasteiger partial charge is 0.237 e. The maximum absolute atomic E-state index is 11.6. The van der Waals surface area contributed by atoms with Crippen molar-refractivity contribution in [3.8, 4) is 0 Å². The van der Waals surface area contributed by atoms with E-state index in [9.17, 15) is 4.79 Å². The second-order valence-corrected chi connectivity index (χ2v) is 5.24. The lowest BCUT2D eigenvalue weighted by Gasteiger charge is -2.20. The molecule has 4 heteroatoms. The molecule has 1 aromatic rings. The molecule has 3 nitrogen and oxygen atoms in total. The van der Waals surface area contributed by atoms with E-state index in [1.165, 1.54) is 10.4 Å². The van der Waals surface area contributed by atoms with Crippen molar-refractivity contribution < 1.29 is 4.79 Å². The zero-order valence-corrected chi connectivity index (χ0v) is 11.1. The molecule has 0 saturated carbocycles. The fraction of sp³-hybridized carbons (Fsp3) is 0.583. The molecule has 0 aliphatic heterocycles. The average Bonchev–Trinajstić information content (AvgIpc) is 2.64. The standard InChI is InChI=1S/C12H20N2OS/c1-8(2)11(12(15)13-4)14-7-10-9(3)5-6-16-10/h5-6,8,11,14H,7H2,1-4H3,(H,13,15). The summed E-state index contributed by atoms with van der Waals surface area (Å²) >= 11 is 1.73. The van der Waals surface area contributed by atoms with Gasteiger partial charge in [0, 0.05) is 18.5 Å². The molecule has 0 radical (unpaired) electrons. The van der Waals surface area contributed by atoms with Crippen molar-refractivity contribution in [3.05, 3.63) is 21.9 Å². The van der Waals surface area contributed by atoms with E-state index in [0.717, 1.165) is 6.54 Å². The molecule has 1 aromatic heterocycles. The van der Waals surface area contributed by atoms with E-state index in [-0.39, 0.29) is 11.9 Å². The van der Waals surface area contributed by atoms with Crippen LogP contribution >= 0.6 is 11.3 Å². The van der Waals surface area contributed by atoms with Crippen LogP contribution in [0.25, 0.3) is 0 Å². The predicted molar refractivity (Wildman–Crippen MR) is 68.6 cm³/mol. The molecule has 1 atom stereocenters. The van der Waals surface area contributed by atoms with Gasteiger partial charge in [-0.1, -0.05) is 13.8 Å². The summed E-state index contributed by atoms with van der Waals surface area (Å²) in [7, 11) is 1.68. The van der Waals surface area contributed by atoms with Crippen LogP contribution in [0.15, 0.2) is 11.4 Å². The van der Waals surface area contributed by atoms with Gasteiger partial charge in [-0.05, 0) is 29.9 Å². The molecule has 0 aliphatic rings. The summed E-state index contributed by atoms with van der Waals surface area (Å²) < 4.78 is 0. The van der Waals surface area contributed by atoms with E-state index in [1.54, 1.807) is 18.4 Å². The Morgan fingerprint density at radius 1 is 1.50 bits per heavy atom. The maximum atomic E-state index is 11.6. The van der Waals surface area contributed by atoms with Gasteiger partial charge in [0.1, 0.15) is 0 Å². The Balaban J connectivity index is 2.57. The summed E-state index contributed by atoms with van der Waals surface area (Å²) in [6, 6.07) is 1.98. The van der Waals surface area contributed by atoms with Crippen LogP contribution in [0.3, 0.4) is 0 Å². The SMILES string of the molecule is CNC(=O)C(NCc1sccc1C)C(C)C. The van der Waals surface area contributed by atoms with Gasteiger partial charge in [-0.3, -0.25) is 4.79 Å². The number of thiophene rings is 1. The van der Waals surface area contributed by atoms with E-state index in [2.05, 4.69) is 29.0 Å². The summed E-state index contributed by atoms with van der Waals surface area (Å²) in [6.45, 7) is 6.96. The van der Waals surface area contributed by atoms with E-state index in [1.807, 2.05) is 13.8 Å². The van der Waals surface area contributed by atoms with Gasteiger partial charge >= 0.3 is 0 Å². The molecule has 16 heavy (non-hydrogen) atoms. The third-order valence-electron chi connectivity index (χ3n) is 2.65. The number of likely N-dealkylation sites (N-methyl/N-ethyl adjacent to an activating group) is 1. The Morgan fingerprint density at radius 3 is 2.62 bits per heavy atom. The van der Waals surface area contributed by atoms with Crippen LogP contribution in [-0.4, -0.2) is 19.0 Å². The third kappa shape index (κ3) is 3.32. The minimum atomic E-state index is -0.119. The van der Waals surface area contributed by atoms with Gasteiger partial charge in [0.05, 0.1) is 6.04 Å². The highest BCUT2D eigenvalue weighted by molar-refractivity contribution is 7.10. The highest BCUT2D eigenvalue weighted by atomic mass is 32.1. The van der Waals surface area contributed by atoms with Crippen molar-refractivity contribution in [1.29, 1.82) is 0 Å². The van der Waals surface area contributed by atoms with E-state index in [0.29, 0.717) is 5.92 Å². The normalized spacial score (nSPS) is 12.8. The molecule has 0 saturated heterocycles. The van der Waals surface area contributed by atoms with Crippen LogP contribution < -0.4 is 10.6 Å². The second kappa shape index (κ2) is 6.01. The predicted octanol–water partition coefficient (Wildman–Crippen LogP) is 1.92. The summed E-state index contributed by atoms with van der Waals surface area (Å²) in [5.41, 5.74) is 1.29. The lowest BCUT2D eigenvalue weighted by atomic mass is 10.0. The van der Waals surface area contributed by atoms with Gasteiger partial charge in [0.2, 0.25) is 5.91 Å². The molecular weight excluding hydrogens is 220 g/mol. The van der Waals surface area contributed by atoms with E-state index < -0.39 is 0 Å². The number of amides is 1. The van der Waals surface area contributed by atoms with Gasteiger partial charge in [0.25, 0.3) is 0 Å². The van der Waals surface area contributed by atoms with Crippen molar-refractivity contribution in [1.82, 2.24) is 10.6 Å². The van der Waals surface area contributed by atoms with Crippen LogP contribution in [0.5, 0.6) is 0 Å². The molecule has 1 unspecified atom stereocenters. The molecule has 0 aliphatic carbocycles. The first-order valence-corrected chi connectivity index (χ1v) is 6.42. The average molecular weight is 240 g/mol. The lowest BCUT2D eigenvalue weighted by Crippen LogP contribution is -2.45. The Hall–Kier alpha value is -0.870. The lowest BCUT2D eigenvalue weighted by molar-refractivity contribution is -0.123. The summed E-state index contributed by atoms with van der Waals surface area (Å²) in [6.07, 6.45) is 0. The first-order chi connectivity index (χ1) is 7.56. The number of aryl methyl sites for hydroxylation is 1. The van der Waals surface area contributed by atoms with Crippen molar-refractivity contribution in [2.45, 2.75) is 33.4 Å². The monoisotopic (exact) mass is 240 g/mol. The molecule has 0 spiro atoms. The first kappa shape index (κ1) is 13.2. The summed E-state index contributed by atoms with van der Waals surface area (Å²) in [5.74, 6) is 0.351. The highest BCUT2D eigenvalue weighted by Crippen LogP contribution is 2.15. The maximum Gasteiger partial charge on any atom is 0.237 e. The zero-order valence-electron chi connectivity index (χ0n) is 10.3. The van der Waals surface area contributed by atoms with Crippen molar-refractivity contribution in [2.24, 2.45) is 5.92 Å². The van der Waals surface area contributed by atoms with Crippen LogP contribution in [0.1, 0.15) is 24.3 Å². The molecule has 1 rings (SSSR count). The van der Waals surface area contributed by atoms with Gasteiger partial charge in [-0.15, -0.1) is 11.3 Å². The van der Waals surface area contributed by atoms with Crippen LogP contribution in [-0.2, 0) is 11.3 Å². The minimum Gasteiger partial charge on any atom is -0.358 e. The Labute approximate surface area is 101 Å². The number of hydrogen-bond donors (Lipinski definition) is 2. The molecule has 0 fully saturated rings. The summed E-state index contributed by atoms with van der Waals surface area (Å²) in [4.78, 5) is 12.9. The Morgan fingerprint density at radius 2 is 2.19 bits per heavy atom. The van der Waals surface area contributed by atoms with E-state index >= 15 is 0 Å². The molecule has 1 heterocycles. The molecule has 1 amide bonds. The van der Waals surface area contributed by atoms with Gasteiger partial charge in [-0.2, -0.15) is 0 Å². The molecule has 2 N–H and O–H groups in total. The molecule has 90 valence electrons. The first-order valence-electron chi connectivity index (χ1n) is 5.54. The second-order valence-electron chi connectivity index (χ2n) is 4.24. The number of nitrogens with one attached hydrogen (secondary N) is 2. The van der Waals surface area contributed by atoms with Gasteiger partial charge in [-0.25, -0.2) is 0 Å². The molecule has 0 aromatic carbocycles. The fourth-order valence-corrected chi connectivity index (χ4v) is 2.43. The Kier molecular flexibility index (Phi) is 4.96. The third-order valence-corrected chi connectivity index (χ3v) is 3.67. The van der Waals surface area contributed by atoms with Crippen molar-refractivity contribution in [2.75, 3.05) is 7.05 Å². The Bertz CT molecular complexity index is 347. The van der Waals surface area contributed by atoms with Crippen LogP contribution in [0.4, 0.5) is 0 Å². The van der Waals surface area contributed by atoms with Gasteiger partial charge < -0.3 is 10.6 Å². The number of hydrogen-bond acceptors (Lipinski definition) is 3. The fourth-order valence-electron chi connectivity index (χ4n) is 1.57. The van der Waals surface area contributed by atoms with Crippen molar-refractivity contribution >= 4 is 17.2 Å². The van der Waals surface area contributed by atoms with Crippen molar-refractivity contribution in [3.63, 3.8) is 0 Å². The number of carbonyl (C=O) groups excluding carboxylic acids is 1. The minimum absolute atomic E-state index is 0.0595. The van der Waals surface area contributed by atoms with Gasteiger partial charge in [0.15, 0.2) is 0 Å². The largest absolute Gasteiger partial charge is 0.358 e. The number of carbonyl (C=O) groups is 1. The van der Waals surface area contributed by atoms with E-state index in [4.69, 9.17) is 0 Å². The molecule has 0 bridgehead atoms. The summed E-state index contributed by atoms with van der Waals surface area (Å²) in [5, 5.41) is 8.08.